The fraction of sp³-hybridized carbons (Fsp3) is 0.297. The Morgan fingerprint density at radius 1 is 0.854 bits per heavy atom. The van der Waals surface area contributed by atoms with Crippen molar-refractivity contribution in [3.63, 3.8) is 0 Å². The number of carbonyl (C=O) groups excluding carboxylic acids is 2. The van der Waals surface area contributed by atoms with E-state index in [1.54, 1.807) is 24.3 Å². The first kappa shape index (κ1) is 35.4. The Labute approximate surface area is 291 Å². The number of rotatable bonds is 12. The lowest BCUT2D eigenvalue weighted by molar-refractivity contribution is -0.140. The first-order valence-electron chi connectivity index (χ1n) is 15.9. The average molecular weight is 711 g/mol. The zero-order chi connectivity index (χ0) is 34.3. The predicted octanol–water partition coefficient (Wildman–Crippen LogP) is 7.73. The van der Waals surface area contributed by atoms with Crippen LogP contribution in [0.3, 0.4) is 0 Å². The van der Waals surface area contributed by atoms with Gasteiger partial charge >= 0.3 is 0 Å². The van der Waals surface area contributed by atoms with Crippen LogP contribution in [0, 0.1) is 12.7 Å². The number of sulfonamides is 1. The van der Waals surface area contributed by atoms with Crippen LogP contribution in [0.15, 0.2) is 102 Å². The molecule has 1 saturated carbocycles. The third-order valence-corrected chi connectivity index (χ3v) is 11.1. The minimum atomic E-state index is -4.30. The van der Waals surface area contributed by atoms with E-state index in [-0.39, 0.29) is 45.5 Å². The molecule has 0 unspecified atom stereocenters. The van der Waals surface area contributed by atoms with Crippen molar-refractivity contribution >= 4 is 50.7 Å². The van der Waals surface area contributed by atoms with Gasteiger partial charge < -0.3 is 10.2 Å². The second kappa shape index (κ2) is 16.0. The maximum absolute atomic E-state index is 14.6. The van der Waals surface area contributed by atoms with Crippen LogP contribution in [-0.2, 0) is 32.6 Å². The van der Waals surface area contributed by atoms with Gasteiger partial charge in [-0.05, 0) is 73.4 Å². The molecule has 0 radical (unpaired) electrons. The van der Waals surface area contributed by atoms with E-state index in [0.29, 0.717) is 5.56 Å². The first-order valence-corrected chi connectivity index (χ1v) is 18.1. The van der Waals surface area contributed by atoms with Gasteiger partial charge in [-0.25, -0.2) is 12.8 Å². The molecule has 0 spiro atoms. The lowest BCUT2D eigenvalue weighted by atomic mass is 9.94. The standard InChI is InChI=1S/C37H38Cl2FN3O4S/c1-26-12-19-32(20-13-26)48(46,47)43(31-18-21-33(38)34(39)23-31)25-36(44)42(24-28-14-16-29(40)17-15-28)35(22-27-8-4-2-5-9-27)37(45)41-30-10-6-3-7-11-30/h2,4-5,8-9,12-21,23,30,35H,3,6-7,10-11,22,24-25H2,1H3,(H,41,45)/t35-/m0/s1. The SMILES string of the molecule is Cc1ccc(S(=O)(=O)N(CC(=O)N(Cc2ccc(F)cc2)[C@@H](Cc2ccccc2)C(=O)NC2CCCCC2)c2ccc(Cl)c(Cl)c2)cc1. The van der Waals surface area contributed by atoms with Crippen molar-refractivity contribution in [3.8, 4) is 0 Å². The molecule has 11 heteroatoms. The molecule has 1 fully saturated rings. The molecule has 0 aliphatic heterocycles. The van der Waals surface area contributed by atoms with Gasteiger partial charge in [0, 0.05) is 19.0 Å². The average Bonchev–Trinajstić information content (AvgIpc) is 3.08. The summed E-state index contributed by atoms with van der Waals surface area (Å²) in [5.41, 5.74) is 2.40. The Morgan fingerprint density at radius 3 is 2.17 bits per heavy atom. The second-order valence-corrected chi connectivity index (χ2v) is 14.8. The maximum atomic E-state index is 14.6. The van der Waals surface area contributed by atoms with Gasteiger partial charge in [-0.2, -0.15) is 0 Å². The molecule has 4 aromatic rings. The highest BCUT2D eigenvalue weighted by molar-refractivity contribution is 7.92. The summed E-state index contributed by atoms with van der Waals surface area (Å²) in [6, 6.07) is 24.6. The summed E-state index contributed by atoms with van der Waals surface area (Å²) in [6.07, 6.45) is 4.98. The van der Waals surface area contributed by atoms with E-state index in [1.807, 2.05) is 37.3 Å². The number of anilines is 1. The summed E-state index contributed by atoms with van der Waals surface area (Å²) in [4.78, 5) is 30.2. The Balaban J connectivity index is 1.57. The Morgan fingerprint density at radius 2 is 1.52 bits per heavy atom. The minimum absolute atomic E-state index is 0.0204. The maximum Gasteiger partial charge on any atom is 0.264 e. The number of halogens is 3. The van der Waals surface area contributed by atoms with Crippen LogP contribution >= 0.6 is 23.2 Å². The fourth-order valence-corrected chi connectivity index (χ4v) is 7.59. The number of aryl methyl sites for hydroxylation is 1. The molecular weight excluding hydrogens is 672 g/mol. The summed E-state index contributed by atoms with van der Waals surface area (Å²) >= 11 is 12.5. The molecule has 2 amide bonds. The monoisotopic (exact) mass is 709 g/mol. The third-order valence-electron chi connectivity index (χ3n) is 8.57. The number of nitrogens with one attached hydrogen (secondary N) is 1. The number of hydrogen-bond acceptors (Lipinski definition) is 4. The van der Waals surface area contributed by atoms with Crippen molar-refractivity contribution in [2.45, 2.75) is 69.0 Å². The van der Waals surface area contributed by atoms with Gasteiger partial charge in [-0.15, -0.1) is 0 Å². The molecule has 0 saturated heterocycles. The van der Waals surface area contributed by atoms with Crippen LogP contribution < -0.4 is 9.62 Å². The lowest BCUT2D eigenvalue weighted by Gasteiger charge is -2.35. The minimum Gasteiger partial charge on any atom is -0.352 e. The summed E-state index contributed by atoms with van der Waals surface area (Å²) in [5.74, 6) is -1.40. The molecule has 0 aromatic heterocycles. The zero-order valence-corrected chi connectivity index (χ0v) is 28.9. The Hall–Kier alpha value is -3.92. The molecule has 1 N–H and O–H groups in total. The van der Waals surface area contributed by atoms with Gasteiger partial charge in [-0.3, -0.25) is 13.9 Å². The van der Waals surface area contributed by atoms with Crippen molar-refractivity contribution in [2.24, 2.45) is 0 Å². The van der Waals surface area contributed by atoms with Gasteiger partial charge in [0.15, 0.2) is 0 Å². The highest BCUT2D eigenvalue weighted by Crippen LogP contribution is 2.31. The summed E-state index contributed by atoms with van der Waals surface area (Å²) in [5, 5.41) is 3.51. The fourth-order valence-electron chi connectivity index (χ4n) is 5.89. The van der Waals surface area contributed by atoms with Crippen LogP contribution in [0.4, 0.5) is 10.1 Å². The number of carbonyl (C=O) groups is 2. The summed E-state index contributed by atoms with van der Waals surface area (Å²) in [7, 11) is -4.30. The van der Waals surface area contributed by atoms with Crippen LogP contribution in [0.5, 0.6) is 0 Å². The molecular formula is C37H38Cl2FN3O4S. The summed E-state index contributed by atoms with van der Waals surface area (Å²) in [6.45, 7) is 1.14. The van der Waals surface area contributed by atoms with Crippen LogP contribution in [-0.4, -0.2) is 43.8 Å². The Kier molecular flexibility index (Phi) is 11.8. The van der Waals surface area contributed by atoms with Crippen molar-refractivity contribution in [2.75, 3.05) is 10.8 Å². The van der Waals surface area contributed by atoms with Crippen LogP contribution in [0.2, 0.25) is 10.0 Å². The molecule has 1 aliphatic carbocycles. The molecule has 4 aromatic carbocycles. The van der Waals surface area contributed by atoms with Crippen molar-refractivity contribution in [1.82, 2.24) is 10.2 Å². The molecule has 1 atom stereocenters. The van der Waals surface area contributed by atoms with Gasteiger partial charge in [-0.1, -0.05) is 103 Å². The zero-order valence-electron chi connectivity index (χ0n) is 26.6. The second-order valence-electron chi connectivity index (χ2n) is 12.1. The highest BCUT2D eigenvalue weighted by atomic mass is 35.5. The van der Waals surface area contributed by atoms with E-state index in [0.717, 1.165) is 47.5 Å². The Bertz CT molecular complexity index is 1820. The van der Waals surface area contributed by atoms with Crippen LogP contribution in [0.25, 0.3) is 0 Å². The van der Waals surface area contributed by atoms with E-state index in [4.69, 9.17) is 23.2 Å². The smallest absolute Gasteiger partial charge is 0.264 e. The molecule has 5 rings (SSSR count). The van der Waals surface area contributed by atoms with E-state index >= 15 is 0 Å². The third kappa shape index (κ3) is 8.95. The number of amides is 2. The van der Waals surface area contributed by atoms with Crippen molar-refractivity contribution < 1.29 is 22.4 Å². The number of nitrogens with zero attached hydrogens (tertiary/aromatic N) is 2. The topological polar surface area (TPSA) is 86.8 Å². The normalized spacial score (nSPS) is 14.2. The van der Waals surface area contributed by atoms with E-state index < -0.39 is 34.3 Å². The number of benzene rings is 4. The van der Waals surface area contributed by atoms with Crippen LogP contribution in [0.1, 0.15) is 48.8 Å². The molecule has 1 aliphatic rings. The van der Waals surface area contributed by atoms with Gasteiger partial charge in [0.25, 0.3) is 10.0 Å². The molecule has 252 valence electrons. The molecule has 0 bridgehead atoms. The predicted molar refractivity (Wildman–Crippen MR) is 188 cm³/mol. The summed E-state index contributed by atoms with van der Waals surface area (Å²) < 4.78 is 43.3. The van der Waals surface area contributed by atoms with Gasteiger partial charge in [0.2, 0.25) is 11.8 Å². The highest BCUT2D eigenvalue weighted by Gasteiger charge is 2.35. The van der Waals surface area contributed by atoms with Crippen molar-refractivity contribution in [1.29, 1.82) is 0 Å². The van der Waals surface area contributed by atoms with E-state index in [9.17, 15) is 22.4 Å². The van der Waals surface area contributed by atoms with Gasteiger partial charge in [0.05, 0.1) is 20.6 Å². The first-order chi connectivity index (χ1) is 23.0. The lowest BCUT2D eigenvalue weighted by Crippen LogP contribution is -2.55. The van der Waals surface area contributed by atoms with E-state index in [2.05, 4.69) is 5.32 Å². The molecule has 48 heavy (non-hydrogen) atoms. The van der Waals surface area contributed by atoms with Crippen molar-refractivity contribution in [3.05, 3.63) is 130 Å². The quantitative estimate of drug-likeness (QED) is 0.163. The largest absolute Gasteiger partial charge is 0.352 e. The molecule has 7 nitrogen and oxygen atoms in total. The number of hydrogen-bond donors (Lipinski definition) is 1. The van der Waals surface area contributed by atoms with E-state index in [1.165, 1.54) is 47.4 Å². The van der Waals surface area contributed by atoms with Gasteiger partial charge in [0.1, 0.15) is 18.4 Å². The molecule has 0 heterocycles.